The number of nitriles is 1. The third kappa shape index (κ3) is 3.40. The normalized spacial score (nSPS) is 18.8. The van der Waals surface area contributed by atoms with Crippen LogP contribution in [0.5, 0.6) is 0 Å². The van der Waals surface area contributed by atoms with Crippen molar-refractivity contribution in [2.24, 2.45) is 5.73 Å². The zero-order chi connectivity index (χ0) is 22.4. The van der Waals surface area contributed by atoms with Crippen LogP contribution in [0.3, 0.4) is 0 Å². The number of halogens is 1. The first-order chi connectivity index (χ1) is 14.7. The van der Waals surface area contributed by atoms with Gasteiger partial charge in [-0.3, -0.25) is 19.8 Å². The summed E-state index contributed by atoms with van der Waals surface area (Å²) in [6.45, 7) is 3.95. The first-order valence-electron chi connectivity index (χ1n) is 9.71. The predicted molar refractivity (Wildman–Crippen MR) is 120 cm³/mol. The van der Waals surface area contributed by atoms with E-state index < -0.39 is 10.8 Å². The van der Waals surface area contributed by atoms with Gasteiger partial charge in [-0.25, -0.2) is 0 Å². The molecule has 0 amide bonds. The zero-order valence-corrected chi connectivity index (χ0v) is 18.5. The van der Waals surface area contributed by atoms with E-state index in [1.807, 2.05) is 19.9 Å². The first kappa shape index (κ1) is 21.1. The summed E-state index contributed by atoms with van der Waals surface area (Å²) < 4.78 is 0. The van der Waals surface area contributed by atoms with Gasteiger partial charge in [-0.2, -0.15) is 5.26 Å². The Morgan fingerprint density at radius 1 is 1.32 bits per heavy atom. The molecule has 2 heterocycles. The molecule has 158 valence electrons. The van der Waals surface area contributed by atoms with Crippen LogP contribution in [-0.4, -0.2) is 10.7 Å². The summed E-state index contributed by atoms with van der Waals surface area (Å²) in [5, 5.41) is 21.6. The van der Waals surface area contributed by atoms with Gasteiger partial charge in [0.1, 0.15) is 5.82 Å². The topological polar surface area (TPSA) is 113 Å². The molecular formula is C22H19ClN4O3S. The molecule has 2 N–H and O–H groups in total. The quantitative estimate of drug-likeness (QED) is 0.501. The van der Waals surface area contributed by atoms with Gasteiger partial charge in [0.25, 0.3) is 5.69 Å². The van der Waals surface area contributed by atoms with Gasteiger partial charge >= 0.3 is 0 Å². The highest BCUT2D eigenvalue weighted by Crippen LogP contribution is 2.49. The number of aryl methyl sites for hydroxylation is 2. The SMILES string of the molecule is Cc1cc([C@@H]2C(C#N)=C(N)N(c3cc([N+](=O)[O-])ccc3Cl)C3=C2C(=O)CCC3)c(C)s1. The molecule has 1 atom stereocenters. The fourth-order valence-electron chi connectivity index (χ4n) is 4.40. The maximum atomic E-state index is 13.1. The fourth-order valence-corrected chi connectivity index (χ4v) is 5.56. The van der Waals surface area contributed by atoms with Gasteiger partial charge in [0.15, 0.2) is 5.78 Å². The molecular weight excluding hydrogens is 436 g/mol. The van der Waals surface area contributed by atoms with E-state index in [9.17, 15) is 20.2 Å². The van der Waals surface area contributed by atoms with E-state index in [0.29, 0.717) is 36.2 Å². The number of nitrogens with two attached hydrogens (primary N) is 1. The number of Topliss-reactive ketones (excluding diaryl/α,β-unsaturated/α-hetero) is 1. The standard InChI is InChI=1S/C22H19ClN4O3S/c1-11-8-14(12(2)31-11)20-15(10-24)22(25)26(17-4-3-5-19(28)21(17)20)18-9-13(27(29)30)6-7-16(18)23/h6-9,20H,3-5,25H2,1-2H3/t20-/m1/s1. The molecule has 0 radical (unpaired) electrons. The molecule has 2 aliphatic rings. The van der Waals surface area contributed by atoms with Crippen LogP contribution in [-0.2, 0) is 4.79 Å². The summed E-state index contributed by atoms with van der Waals surface area (Å²) in [6, 6.07) is 8.26. The Labute approximate surface area is 188 Å². The molecule has 7 nitrogen and oxygen atoms in total. The van der Waals surface area contributed by atoms with Crippen LogP contribution < -0.4 is 10.6 Å². The maximum absolute atomic E-state index is 13.1. The molecule has 0 unspecified atom stereocenters. The lowest BCUT2D eigenvalue weighted by molar-refractivity contribution is -0.384. The minimum atomic E-state index is -0.550. The van der Waals surface area contributed by atoms with Crippen LogP contribution >= 0.6 is 22.9 Å². The summed E-state index contributed by atoms with van der Waals surface area (Å²) in [7, 11) is 0. The fraction of sp³-hybridized carbons (Fsp3) is 0.273. The number of rotatable bonds is 3. The summed E-state index contributed by atoms with van der Waals surface area (Å²) in [6.07, 6.45) is 1.56. The molecule has 9 heteroatoms. The Morgan fingerprint density at radius 3 is 2.68 bits per heavy atom. The molecule has 2 aromatic rings. The molecule has 1 aliphatic heterocycles. The van der Waals surface area contributed by atoms with E-state index in [4.69, 9.17) is 17.3 Å². The van der Waals surface area contributed by atoms with Crippen LogP contribution in [0, 0.1) is 35.3 Å². The van der Waals surface area contributed by atoms with Crippen LogP contribution in [0.15, 0.2) is 46.9 Å². The Balaban J connectivity index is 2.01. The average Bonchev–Trinajstić information content (AvgIpc) is 3.05. The number of carbonyl (C=O) groups excluding carboxylic acids is 1. The molecule has 1 aromatic heterocycles. The number of nitro benzene ring substituents is 1. The van der Waals surface area contributed by atoms with Crippen LogP contribution in [0.2, 0.25) is 5.02 Å². The highest BCUT2D eigenvalue weighted by atomic mass is 35.5. The third-order valence-electron chi connectivity index (χ3n) is 5.69. The second-order valence-corrected chi connectivity index (χ2v) is 9.45. The number of non-ortho nitro benzene ring substituents is 1. The lowest BCUT2D eigenvalue weighted by atomic mass is 9.75. The monoisotopic (exact) mass is 454 g/mol. The Morgan fingerprint density at radius 2 is 2.06 bits per heavy atom. The first-order valence-corrected chi connectivity index (χ1v) is 10.9. The number of nitro groups is 1. The highest BCUT2D eigenvalue weighted by molar-refractivity contribution is 7.12. The van der Waals surface area contributed by atoms with Crippen molar-refractivity contribution in [3.05, 3.63) is 77.4 Å². The number of hydrogen-bond donors (Lipinski definition) is 1. The van der Waals surface area contributed by atoms with Gasteiger partial charge in [0.05, 0.1) is 33.2 Å². The number of nitrogens with zero attached hydrogens (tertiary/aromatic N) is 3. The molecule has 0 saturated carbocycles. The van der Waals surface area contributed by atoms with Crippen molar-refractivity contribution in [3.63, 3.8) is 0 Å². The van der Waals surface area contributed by atoms with Crippen molar-refractivity contribution >= 4 is 40.1 Å². The lowest BCUT2D eigenvalue weighted by Gasteiger charge is -2.39. The highest BCUT2D eigenvalue weighted by Gasteiger charge is 2.41. The number of ketones is 1. The van der Waals surface area contributed by atoms with E-state index in [2.05, 4.69) is 6.07 Å². The summed E-state index contributed by atoms with van der Waals surface area (Å²) in [5.74, 6) is -0.445. The molecule has 0 spiro atoms. The van der Waals surface area contributed by atoms with Crippen LogP contribution in [0.25, 0.3) is 0 Å². The van der Waals surface area contributed by atoms with Gasteiger partial charge in [0.2, 0.25) is 0 Å². The van der Waals surface area contributed by atoms with E-state index in [-0.39, 0.29) is 27.9 Å². The van der Waals surface area contributed by atoms with E-state index in [1.54, 1.807) is 16.2 Å². The van der Waals surface area contributed by atoms with Gasteiger partial charge in [-0.1, -0.05) is 11.6 Å². The number of allylic oxidation sites excluding steroid dienone is 3. The summed E-state index contributed by atoms with van der Waals surface area (Å²) in [5.41, 5.74) is 8.98. The van der Waals surface area contributed by atoms with Gasteiger partial charge in [-0.05, 0) is 44.4 Å². The minimum Gasteiger partial charge on any atom is -0.384 e. The summed E-state index contributed by atoms with van der Waals surface area (Å²) >= 11 is 8.01. The summed E-state index contributed by atoms with van der Waals surface area (Å²) in [4.78, 5) is 27.6. The van der Waals surface area contributed by atoms with Crippen molar-refractivity contribution in [1.29, 1.82) is 5.26 Å². The average molecular weight is 455 g/mol. The molecule has 0 bridgehead atoms. The molecule has 4 rings (SSSR count). The number of anilines is 1. The minimum absolute atomic E-state index is 0.0405. The molecule has 0 fully saturated rings. The van der Waals surface area contributed by atoms with Gasteiger partial charge in [-0.15, -0.1) is 11.3 Å². The lowest BCUT2D eigenvalue weighted by Crippen LogP contribution is -2.39. The Hall–Kier alpha value is -3.15. The number of hydrogen-bond acceptors (Lipinski definition) is 7. The number of carbonyl (C=O) groups is 1. The van der Waals surface area contributed by atoms with E-state index in [1.165, 1.54) is 18.2 Å². The van der Waals surface area contributed by atoms with Crippen LogP contribution in [0.1, 0.15) is 40.5 Å². The second kappa shape index (κ2) is 7.84. The Bertz CT molecular complexity index is 1240. The van der Waals surface area contributed by atoms with E-state index >= 15 is 0 Å². The molecule has 31 heavy (non-hydrogen) atoms. The van der Waals surface area contributed by atoms with Gasteiger partial charge < -0.3 is 5.73 Å². The number of benzene rings is 1. The van der Waals surface area contributed by atoms with Crippen molar-refractivity contribution in [2.75, 3.05) is 4.90 Å². The largest absolute Gasteiger partial charge is 0.384 e. The Kier molecular flexibility index (Phi) is 5.33. The molecule has 1 aliphatic carbocycles. The zero-order valence-electron chi connectivity index (χ0n) is 16.9. The van der Waals surface area contributed by atoms with Crippen molar-refractivity contribution in [2.45, 2.75) is 39.0 Å². The molecule has 1 aromatic carbocycles. The third-order valence-corrected chi connectivity index (χ3v) is 6.99. The maximum Gasteiger partial charge on any atom is 0.271 e. The van der Waals surface area contributed by atoms with Gasteiger partial charge in [0, 0.05) is 39.6 Å². The van der Waals surface area contributed by atoms with E-state index in [0.717, 1.165) is 15.3 Å². The number of thiophene rings is 1. The van der Waals surface area contributed by atoms with Crippen molar-refractivity contribution in [3.8, 4) is 6.07 Å². The molecule has 0 saturated heterocycles. The van der Waals surface area contributed by atoms with Crippen molar-refractivity contribution in [1.82, 2.24) is 0 Å². The predicted octanol–water partition coefficient (Wildman–Crippen LogP) is 5.23. The second-order valence-electron chi connectivity index (χ2n) is 7.58. The van der Waals surface area contributed by atoms with Crippen LogP contribution in [0.4, 0.5) is 11.4 Å². The van der Waals surface area contributed by atoms with Crippen molar-refractivity contribution < 1.29 is 9.72 Å². The smallest absolute Gasteiger partial charge is 0.271 e.